The average molecular weight is 405 g/mol. The van der Waals surface area contributed by atoms with E-state index in [1.54, 1.807) is 13.1 Å². The van der Waals surface area contributed by atoms with Gasteiger partial charge in [-0.2, -0.15) is 0 Å². The molecule has 1 unspecified atom stereocenters. The molecule has 2 aromatic heterocycles. The van der Waals surface area contributed by atoms with Crippen molar-refractivity contribution in [2.24, 2.45) is 0 Å². The van der Waals surface area contributed by atoms with Crippen molar-refractivity contribution in [2.45, 2.75) is 12.6 Å². The summed E-state index contributed by atoms with van der Waals surface area (Å²) in [6.07, 6.45) is 1.09. The van der Waals surface area contributed by atoms with Crippen LogP contribution < -0.4 is 15.0 Å². The van der Waals surface area contributed by atoms with Gasteiger partial charge < -0.3 is 18.8 Å². The molecule has 0 N–H and O–H groups in total. The largest absolute Gasteiger partial charge is 0.486 e. The lowest BCUT2D eigenvalue weighted by atomic mass is 10.2. The van der Waals surface area contributed by atoms with Gasteiger partial charge >= 0.3 is 0 Å². The summed E-state index contributed by atoms with van der Waals surface area (Å²) in [6, 6.07) is 14.7. The molecule has 1 atom stereocenters. The molecular formula is C22H19N3O5. The lowest BCUT2D eigenvalue weighted by Gasteiger charge is -2.29. The van der Waals surface area contributed by atoms with Crippen LogP contribution in [0.25, 0.3) is 22.1 Å². The first-order valence-corrected chi connectivity index (χ1v) is 9.59. The van der Waals surface area contributed by atoms with Crippen molar-refractivity contribution in [2.75, 3.05) is 20.2 Å². The van der Waals surface area contributed by atoms with Crippen LogP contribution in [0.5, 0.6) is 11.5 Å². The number of para-hydroxylation sites is 3. The molecule has 8 heteroatoms. The molecule has 0 aliphatic carbocycles. The van der Waals surface area contributed by atoms with Gasteiger partial charge in [0.25, 0.3) is 5.56 Å². The highest BCUT2D eigenvalue weighted by molar-refractivity contribution is 6.01. The van der Waals surface area contributed by atoms with Gasteiger partial charge in [-0.25, -0.2) is 4.98 Å². The predicted octanol–water partition coefficient (Wildman–Crippen LogP) is 2.44. The van der Waals surface area contributed by atoms with Crippen LogP contribution in [0.4, 0.5) is 0 Å². The molecule has 2 aromatic carbocycles. The first kappa shape index (κ1) is 18.2. The summed E-state index contributed by atoms with van der Waals surface area (Å²) in [5.41, 5.74) is 0.853. The number of furan rings is 1. The highest BCUT2D eigenvalue weighted by Crippen LogP contribution is 2.31. The van der Waals surface area contributed by atoms with Crippen LogP contribution in [0, 0.1) is 0 Å². The molecule has 152 valence electrons. The number of carbonyl (C=O) groups excluding carboxylic acids is 1. The number of carbonyl (C=O) groups is 1. The van der Waals surface area contributed by atoms with Gasteiger partial charge in [0, 0.05) is 12.4 Å². The van der Waals surface area contributed by atoms with Gasteiger partial charge in [0.15, 0.2) is 17.6 Å². The number of rotatable bonds is 4. The van der Waals surface area contributed by atoms with E-state index in [9.17, 15) is 9.59 Å². The number of amides is 1. The van der Waals surface area contributed by atoms with E-state index in [0.29, 0.717) is 35.8 Å². The van der Waals surface area contributed by atoms with E-state index in [2.05, 4.69) is 4.98 Å². The van der Waals surface area contributed by atoms with Crippen LogP contribution >= 0.6 is 0 Å². The second-order valence-electron chi connectivity index (χ2n) is 7.23. The Morgan fingerprint density at radius 3 is 2.80 bits per heavy atom. The van der Waals surface area contributed by atoms with Gasteiger partial charge in [-0.15, -0.1) is 0 Å². The topological polar surface area (TPSA) is 86.8 Å². The SMILES string of the molecule is CN(CC1COc2ccccc2O1)C(=O)Cn1cnc2c(oc3ccccc32)c1=O. The lowest BCUT2D eigenvalue weighted by molar-refractivity contribution is -0.132. The molecule has 0 saturated carbocycles. The zero-order valence-corrected chi connectivity index (χ0v) is 16.3. The van der Waals surface area contributed by atoms with E-state index in [1.165, 1.54) is 15.8 Å². The van der Waals surface area contributed by atoms with Gasteiger partial charge in [0.1, 0.15) is 24.3 Å². The van der Waals surface area contributed by atoms with E-state index >= 15 is 0 Å². The maximum Gasteiger partial charge on any atom is 0.297 e. The smallest absolute Gasteiger partial charge is 0.297 e. The number of hydrogen-bond donors (Lipinski definition) is 0. The second kappa shape index (κ2) is 7.22. The van der Waals surface area contributed by atoms with Gasteiger partial charge in [0.05, 0.1) is 12.9 Å². The van der Waals surface area contributed by atoms with Gasteiger partial charge in [-0.05, 0) is 24.3 Å². The van der Waals surface area contributed by atoms with Crippen LogP contribution in [0.15, 0.2) is 64.1 Å². The minimum Gasteiger partial charge on any atom is -0.486 e. The first-order valence-electron chi connectivity index (χ1n) is 9.59. The van der Waals surface area contributed by atoms with Crippen LogP contribution in [0.2, 0.25) is 0 Å². The fourth-order valence-electron chi connectivity index (χ4n) is 3.55. The number of aromatic nitrogens is 2. The third-order valence-corrected chi connectivity index (χ3v) is 5.13. The van der Waals surface area contributed by atoms with Crippen molar-refractivity contribution in [3.05, 3.63) is 65.2 Å². The van der Waals surface area contributed by atoms with Crippen LogP contribution in [0.3, 0.4) is 0 Å². The molecule has 1 aliphatic rings. The number of benzene rings is 2. The van der Waals surface area contributed by atoms with Gasteiger partial charge in [-0.3, -0.25) is 14.2 Å². The van der Waals surface area contributed by atoms with E-state index < -0.39 is 0 Å². The third-order valence-electron chi connectivity index (χ3n) is 5.13. The number of ether oxygens (including phenoxy) is 2. The number of nitrogens with zero attached hydrogens (tertiary/aromatic N) is 3. The summed E-state index contributed by atoms with van der Waals surface area (Å²) in [6.45, 7) is 0.544. The summed E-state index contributed by atoms with van der Waals surface area (Å²) in [7, 11) is 1.67. The summed E-state index contributed by atoms with van der Waals surface area (Å²) >= 11 is 0. The molecule has 4 aromatic rings. The minimum atomic E-state index is -0.385. The van der Waals surface area contributed by atoms with Crippen LogP contribution in [-0.2, 0) is 11.3 Å². The van der Waals surface area contributed by atoms with E-state index in [-0.39, 0.29) is 29.7 Å². The maximum absolute atomic E-state index is 12.8. The number of hydrogen-bond acceptors (Lipinski definition) is 6. The molecule has 0 spiro atoms. The second-order valence-corrected chi connectivity index (χ2v) is 7.23. The Morgan fingerprint density at radius 2 is 1.93 bits per heavy atom. The van der Waals surface area contributed by atoms with Crippen molar-refractivity contribution >= 4 is 28.0 Å². The fourth-order valence-corrected chi connectivity index (χ4v) is 3.55. The van der Waals surface area contributed by atoms with Crippen molar-refractivity contribution in [3.8, 4) is 11.5 Å². The highest BCUT2D eigenvalue weighted by atomic mass is 16.6. The molecular weight excluding hydrogens is 386 g/mol. The standard InChI is InChI=1S/C22H19N3O5/c1-24(10-14-12-28-17-8-4-5-9-18(17)29-14)19(26)11-25-13-23-20-15-6-2-3-7-16(15)30-21(20)22(25)27/h2-9,13-14H,10-12H2,1H3. The Bertz CT molecular complexity index is 1310. The highest BCUT2D eigenvalue weighted by Gasteiger charge is 2.24. The summed E-state index contributed by atoms with van der Waals surface area (Å²) in [4.78, 5) is 31.4. The molecule has 1 amide bonds. The predicted molar refractivity (Wildman–Crippen MR) is 110 cm³/mol. The Balaban J connectivity index is 1.31. The molecule has 0 radical (unpaired) electrons. The molecule has 5 rings (SSSR count). The number of fused-ring (bicyclic) bond motifs is 4. The van der Waals surface area contributed by atoms with Crippen LogP contribution in [-0.4, -0.2) is 46.7 Å². The zero-order valence-electron chi connectivity index (χ0n) is 16.3. The molecule has 3 heterocycles. The third kappa shape index (κ3) is 3.16. The van der Waals surface area contributed by atoms with Crippen molar-refractivity contribution in [1.82, 2.24) is 14.5 Å². The Kier molecular flexibility index (Phi) is 4.39. The minimum absolute atomic E-state index is 0.139. The quantitative estimate of drug-likeness (QED) is 0.518. The lowest BCUT2D eigenvalue weighted by Crippen LogP contribution is -2.43. The molecule has 0 saturated heterocycles. The molecule has 0 bridgehead atoms. The summed E-state index contributed by atoms with van der Waals surface area (Å²) in [5, 5.41) is 0.773. The fraction of sp³-hybridized carbons (Fsp3) is 0.227. The molecule has 30 heavy (non-hydrogen) atoms. The van der Waals surface area contributed by atoms with Crippen LogP contribution in [0.1, 0.15) is 0 Å². The van der Waals surface area contributed by atoms with E-state index in [1.807, 2.05) is 42.5 Å². The van der Waals surface area contributed by atoms with Crippen molar-refractivity contribution in [1.29, 1.82) is 0 Å². The molecule has 0 fully saturated rings. The molecule has 8 nitrogen and oxygen atoms in total. The van der Waals surface area contributed by atoms with Gasteiger partial charge in [-0.1, -0.05) is 24.3 Å². The first-order chi connectivity index (χ1) is 14.6. The molecule has 1 aliphatic heterocycles. The Hall–Kier alpha value is -3.81. The number of likely N-dealkylation sites (N-methyl/N-ethyl adjacent to an activating group) is 1. The van der Waals surface area contributed by atoms with Crippen molar-refractivity contribution in [3.63, 3.8) is 0 Å². The van der Waals surface area contributed by atoms with Crippen molar-refractivity contribution < 1.29 is 18.7 Å². The Morgan fingerprint density at radius 1 is 1.17 bits per heavy atom. The normalized spacial score (nSPS) is 15.4. The Labute approximate surface area is 171 Å². The van der Waals surface area contributed by atoms with E-state index in [4.69, 9.17) is 13.9 Å². The average Bonchev–Trinajstić information content (AvgIpc) is 3.15. The zero-order chi connectivity index (χ0) is 20.7. The monoisotopic (exact) mass is 405 g/mol. The maximum atomic E-state index is 12.8. The summed E-state index contributed by atoms with van der Waals surface area (Å²) < 4.78 is 18.5. The van der Waals surface area contributed by atoms with E-state index in [0.717, 1.165) is 5.39 Å². The summed E-state index contributed by atoms with van der Waals surface area (Å²) in [5.74, 6) is 1.11. The van der Waals surface area contributed by atoms with Gasteiger partial charge in [0.2, 0.25) is 11.5 Å².